The van der Waals surface area contributed by atoms with E-state index in [0.717, 1.165) is 22.4 Å². The van der Waals surface area contributed by atoms with Crippen molar-refractivity contribution in [3.8, 4) is 0 Å². The van der Waals surface area contributed by atoms with E-state index in [2.05, 4.69) is 6.07 Å². The summed E-state index contributed by atoms with van der Waals surface area (Å²) >= 11 is 0. The van der Waals surface area contributed by atoms with E-state index in [1.54, 1.807) is 11.8 Å². The summed E-state index contributed by atoms with van der Waals surface area (Å²) in [5.41, 5.74) is 4.18. The summed E-state index contributed by atoms with van der Waals surface area (Å²) in [7, 11) is 0. The number of nitrogens with zero attached hydrogens (tertiary/aromatic N) is 2. The summed E-state index contributed by atoms with van der Waals surface area (Å²) < 4.78 is 0. The van der Waals surface area contributed by atoms with Crippen LogP contribution in [0.4, 0.5) is 5.69 Å². The number of rotatable bonds is 7. The molecule has 2 rings (SSSR count). The standard InChI is InChI=1S/C23H30N2O2/c1-17(2)25(16-21-9-7-6-8-10-21)23(27)13-14-24(20(5)26)22-12-11-18(3)15-19(22)4/h6-12,15,17H,13-14,16H2,1-5H3. The quantitative estimate of drug-likeness (QED) is 0.725. The van der Waals surface area contributed by atoms with Crippen LogP contribution in [0.25, 0.3) is 0 Å². The van der Waals surface area contributed by atoms with Gasteiger partial charge in [0.25, 0.3) is 0 Å². The average molecular weight is 367 g/mol. The summed E-state index contributed by atoms with van der Waals surface area (Å²) in [4.78, 5) is 28.6. The minimum atomic E-state index is -0.0473. The molecule has 0 saturated carbocycles. The van der Waals surface area contributed by atoms with Gasteiger partial charge in [0.2, 0.25) is 11.8 Å². The van der Waals surface area contributed by atoms with Crippen LogP contribution in [-0.4, -0.2) is 29.3 Å². The summed E-state index contributed by atoms with van der Waals surface area (Å²) in [6.45, 7) is 10.6. The lowest BCUT2D eigenvalue weighted by Gasteiger charge is -2.29. The Kier molecular flexibility index (Phi) is 7.17. The van der Waals surface area contributed by atoms with Crippen molar-refractivity contribution in [2.24, 2.45) is 0 Å². The Morgan fingerprint density at radius 1 is 1.00 bits per heavy atom. The molecule has 0 saturated heterocycles. The Morgan fingerprint density at radius 2 is 1.67 bits per heavy atom. The maximum absolute atomic E-state index is 12.9. The Bertz CT molecular complexity index is 784. The minimum absolute atomic E-state index is 0.0473. The van der Waals surface area contributed by atoms with Crippen molar-refractivity contribution in [3.63, 3.8) is 0 Å². The number of aryl methyl sites for hydroxylation is 2. The van der Waals surface area contributed by atoms with Crippen LogP contribution in [0.5, 0.6) is 0 Å². The van der Waals surface area contributed by atoms with Gasteiger partial charge in [-0.25, -0.2) is 0 Å². The van der Waals surface area contributed by atoms with Crippen LogP contribution in [0.3, 0.4) is 0 Å². The van der Waals surface area contributed by atoms with Crippen LogP contribution in [0, 0.1) is 13.8 Å². The van der Waals surface area contributed by atoms with E-state index in [9.17, 15) is 9.59 Å². The van der Waals surface area contributed by atoms with Gasteiger partial charge in [-0.05, 0) is 44.9 Å². The fourth-order valence-corrected chi connectivity index (χ4v) is 3.25. The Hall–Kier alpha value is -2.62. The molecule has 0 aliphatic heterocycles. The lowest BCUT2D eigenvalue weighted by molar-refractivity contribution is -0.133. The summed E-state index contributed by atoms with van der Waals surface area (Å²) in [5, 5.41) is 0. The largest absolute Gasteiger partial charge is 0.336 e. The van der Waals surface area contributed by atoms with Crippen molar-refractivity contribution in [3.05, 3.63) is 65.2 Å². The van der Waals surface area contributed by atoms with Gasteiger partial charge in [-0.1, -0.05) is 48.0 Å². The van der Waals surface area contributed by atoms with E-state index < -0.39 is 0 Å². The molecule has 0 aliphatic rings. The van der Waals surface area contributed by atoms with Gasteiger partial charge in [-0.3, -0.25) is 9.59 Å². The van der Waals surface area contributed by atoms with Gasteiger partial charge in [0, 0.05) is 38.2 Å². The molecular weight excluding hydrogens is 336 g/mol. The van der Waals surface area contributed by atoms with Gasteiger partial charge in [-0.15, -0.1) is 0 Å². The van der Waals surface area contributed by atoms with Gasteiger partial charge in [0.15, 0.2) is 0 Å². The van der Waals surface area contributed by atoms with Gasteiger partial charge in [0.1, 0.15) is 0 Å². The predicted octanol–water partition coefficient (Wildman–Crippen LogP) is 4.48. The van der Waals surface area contributed by atoms with Crippen LogP contribution in [0.2, 0.25) is 0 Å². The number of anilines is 1. The fraction of sp³-hybridized carbons (Fsp3) is 0.391. The molecule has 0 N–H and O–H groups in total. The number of carbonyl (C=O) groups is 2. The maximum Gasteiger partial charge on any atom is 0.224 e. The monoisotopic (exact) mass is 366 g/mol. The highest BCUT2D eigenvalue weighted by Gasteiger charge is 2.20. The van der Waals surface area contributed by atoms with Crippen molar-refractivity contribution in [1.29, 1.82) is 0 Å². The molecule has 4 heteroatoms. The summed E-state index contributed by atoms with van der Waals surface area (Å²) in [5.74, 6) is 0.0128. The van der Waals surface area contributed by atoms with Gasteiger partial charge in [-0.2, -0.15) is 0 Å². The lowest BCUT2D eigenvalue weighted by Crippen LogP contribution is -2.39. The number of hydrogen-bond acceptors (Lipinski definition) is 2. The first-order valence-electron chi connectivity index (χ1n) is 9.48. The highest BCUT2D eigenvalue weighted by molar-refractivity contribution is 5.93. The third-order valence-corrected chi connectivity index (χ3v) is 4.71. The molecule has 144 valence electrons. The molecule has 0 bridgehead atoms. The highest BCUT2D eigenvalue weighted by atomic mass is 16.2. The molecule has 0 heterocycles. The molecule has 0 aromatic heterocycles. The molecule has 2 aromatic rings. The van der Waals surface area contributed by atoms with Crippen LogP contribution in [0.15, 0.2) is 48.5 Å². The van der Waals surface area contributed by atoms with Gasteiger partial charge >= 0.3 is 0 Å². The van der Waals surface area contributed by atoms with Crippen LogP contribution in [0.1, 0.15) is 43.9 Å². The first-order chi connectivity index (χ1) is 12.8. The van der Waals surface area contributed by atoms with Crippen molar-refractivity contribution >= 4 is 17.5 Å². The topological polar surface area (TPSA) is 40.6 Å². The number of hydrogen-bond donors (Lipinski definition) is 0. The summed E-state index contributed by atoms with van der Waals surface area (Å²) in [6.07, 6.45) is 0.303. The molecule has 2 amide bonds. The molecule has 27 heavy (non-hydrogen) atoms. The summed E-state index contributed by atoms with van der Waals surface area (Å²) in [6, 6.07) is 16.1. The van der Waals surface area contributed by atoms with E-state index in [0.29, 0.717) is 19.5 Å². The van der Waals surface area contributed by atoms with Crippen LogP contribution in [-0.2, 0) is 16.1 Å². The lowest BCUT2D eigenvalue weighted by atomic mass is 10.1. The van der Waals surface area contributed by atoms with Crippen LogP contribution >= 0.6 is 0 Å². The molecule has 0 radical (unpaired) electrons. The number of carbonyl (C=O) groups excluding carboxylic acids is 2. The van der Waals surface area contributed by atoms with Crippen molar-refractivity contribution in [2.45, 2.75) is 53.6 Å². The maximum atomic E-state index is 12.9. The second kappa shape index (κ2) is 9.36. The number of amides is 2. The molecule has 0 fully saturated rings. The first kappa shape index (κ1) is 20.7. The highest BCUT2D eigenvalue weighted by Crippen LogP contribution is 2.22. The average Bonchev–Trinajstić information content (AvgIpc) is 2.61. The molecule has 0 spiro atoms. The van der Waals surface area contributed by atoms with E-state index in [1.807, 2.05) is 75.1 Å². The zero-order chi connectivity index (χ0) is 20.0. The first-order valence-corrected chi connectivity index (χ1v) is 9.48. The zero-order valence-electron chi connectivity index (χ0n) is 17.0. The number of benzene rings is 2. The molecule has 0 atom stereocenters. The molecular formula is C23H30N2O2. The van der Waals surface area contributed by atoms with E-state index in [-0.39, 0.29) is 17.9 Å². The molecule has 0 unspecified atom stereocenters. The third kappa shape index (κ3) is 5.68. The second-order valence-electron chi connectivity index (χ2n) is 7.31. The van der Waals surface area contributed by atoms with E-state index >= 15 is 0 Å². The molecule has 4 nitrogen and oxygen atoms in total. The van der Waals surface area contributed by atoms with Gasteiger partial charge in [0.05, 0.1) is 0 Å². The molecule has 0 aliphatic carbocycles. The van der Waals surface area contributed by atoms with Crippen molar-refractivity contribution in [1.82, 2.24) is 4.90 Å². The Morgan fingerprint density at radius 3 is 2.22 bits per heavy atom. The van der Waals surface area contributed by atoms with E-state index in [4.69, 9.17) is 0 Å². The SMILES string of the molecule is CC(=O)N(CCC(=O)N(Cc1ccccc1)C(C)C)c1ccc(C)cc1C. The van der Waals surface area contributed by atoms with E-state index in [1.165, 1.54) is 0 Å². The zero-order valence-corrected chi connectivity index (χ0v) is 17.0. The van der Waals surface area contributed by atoms with Crippen molar-refractivity contribution < 1.29 is 9.59 Å². The van der Waals surface area contributed by atoms with Gasteiger partial charge < -0.3 is 9.80 Å². The minimum Gasteiger partial charge on any atom is -0.336 e. The predicted molar refractivity (Wildman–Crippen MR) is 111 cm³/mol. The second-order valence-corrected chi connectivity index (χ2v) is 7.31. The Balaban J connectivity index is 2.10. The molecule has 2 aromatic carbocycles. The van der Waals surface area contributed by atoms with Crippen molar-refractivity contribution in [2.75, 3.05) is 11.4 Å². The van der Waals surface area contributed by atoms with Crippen LogP contribution < -0.4 is 4.90 Å². The third-order valence-electron chi connectivity index (χ3n) is 4.71. The fourth-order valence-electron chi connectivity index (χ4n) is 3.25. The Labute approximate surface area is 162 Å². The smallest absolute Gasteiger partial charge is 0.224 e. The normalized spacial score (nSPS) is 10.7.